The third kappa shape index (κ3) is 3.90. The maximum absolute atomic E-state index is 10.9. The van der Waals surface area contributed by atoms with Crippen molar-refractivity contribution in [1.29, 1.82) is 0 Å². The van der Waals surface area contributed by atoms with E-state index in [9.17, 15) is 4.79 Å². The zero-order valence-corrected chi connectivity index (χ0v) is 9.66. The first-order valence-corrected chi connectivity index (χ1v) is 5.26. The highest BCUT2D eigenvalue weighted by Crippen LogP contribution is 2.17. The molecule has 4 nitrogen and oxygen atoms in total. The van der Waals surface area contributed by atoms with Gasteiger partial charge in [0.25, 0.3) is 0 Å². The minimum absolute atomic E-state index is 0.205. The summed E-state index contributed by atoms with van der Waals surface area (Å²) in [7, 11) is 1.37. The third-order valence-electron chi connectivity index (χ3n) is 2.08. The molecular formula is C12H17NO3. The van der Waals surface area contributed by atoms with Gasteiger partial charge < -0.3 is 14.8 Å². The van der Waals surface area contributed by atoms with Crippen molar-refractivity contribution in [3.05, 3.63) is 29.8 Å². The van der Waals surface area contributed by atoms with Gasteiger partial charge in [-0.25, -0.2) is 0 Å². The Kier molecular flexibility index (Phi) is 5.36. The Morgan fingerprint density at radius 3 is 2.81 bits per heavy atom. The molecule has 0 aromatic heterocycles. The van der Waals surface area contributed by atoms with Crippen LogP contribution in [0.15, 0.2) is 24.3 Å². The summed E-state index contributed by atoms with van der Waals surface area (Å²) >= 11 is 0. The minimum Gasteiger partial charge on any atom is -0.494 e. The number of carbonyl (C=O) groups is 1. The Balaban J connectivity index is 2.49. The van der Waals surface area contributed by atoms with Crippen LogP contribution >= 0.6 is 0 Å². The number of ether oxygens (including phenoxy) is 2. The maximum Gasteiger partial charge on any atom is 0.319 e. The molecule has 4 heteroatoms. The van der Waals surface area contributed by atoms with E-state index in [1.165, 1.54) is 7.11 Å². The summed E-state index contributed by atoms with van der Waals surface area (Å²) in [6.07, 6.45) is 0. The Hall–Kier alpha value is -1.55. The molecule has 16 heavy (non-hydrogen) atoms. The Labute approximate surface area is 95.6 Å². The highest BCUT2D eigenvalue weighted by molar-refractivity contribution is 5.71. The molecule has 0 heterocycles. The van der Waals surface area contributed by atoms with Gasteiger partial charge in [-0.3, -0.25) is 4.79 Å². The molecule has 0 amide bonds. The van der Waals surface area contributed by atoms with Crippen LogP contribution in [0.3, 0.4) is 0 Å². The molecule has 1 N–H and O–H groups in total. The maximum atomic E-state index is 10.9. The number of carbonyl (C=O) groups excluding carboxylic acids is 1. The van der Waals surface area contributed by atoms with Crippen LogP contribution in [0, 0.1) is 0 Å². The number of nitrogens with one attached hydrogen (secondary N) is 1. The molecular weight excluding hydrogens is 206 g/mol. The van der Waals surface area contributed by atoms with Gasteiger partial charge in [-0.15, -0.1) is 0 Å². The number of esters is 1. The Morgan fingerprint density at radius 2 is 2.12 bits per heavy atom. The fourth-order valence-electron chi connectivity index (χ4n) is 1.32. The monoisotopic (exact) mass is 223 g/mol. The first-order chi connectivity index (χ1) is 7.77. The summed E-state index contributed by atoms with van der Waals surface area (Å²) in [4.78, 5) is 10.9. The number of benzene rings is 1. The fourth-order valence-corrected chi connectivity index (χ4v) is 1.32. The number of para-hydroxylation sites is 1. The van der Waals surface area contributed by atoms with Crippen LogP contribution in [0.4, 0.5) is 0 Å². The average molecular weight is 223 g/mol. The van der Waals surface area contributed by atoms with Gasteiger partial charge in [-0.2, -0.15) is 0 Å². The van der Waals surface area contributed by atoms with Crippen molar-refractivity contribution in [2.24, 2.45) is 0 Å². The summed E-state index contributed by atoms with van der Waals surface area (Å²) in [6.45, 7) is 3.37. The second-order valence-corrected chi connectivity index (χ2v) is 3.22. The van der Waals surface area contributed by atoms with Gasteiger partial charge in [0.1, 0.15) is 5.75 Å². The molecule has 0 saturated carbocycles. The lowest BCUT2D eigenvalue weighted by molar-refractivity contribution is -0.139. The van der Waals surface area contributed by atoms with E-state index >= 15 is 0 Å². The van der Waals surface area contributed by atoms with Gasteiger partial charge in [0.2, 0.25) is 0 Å². The molecule has 88 valence electrons. The van der Waals surface area contributed by atoms with Crippen LogP contribution in [0.25, 0.3) is 0 Å². The van der Waals surface area contributed by atoms with E-state index < -0.39 is 0 Å². The van der Waals surface area contributed by atoms with Crippen LogP contribution < -0.4 is 10.1 Å². The van der Waals surface area contributed by atoms with Gasteiger partial charge in [0, 0.05) is 12.1 Å². The van der Waals surface area contributed by atoms with Crippen molar-refractivity contribution in [1.82, 2.24) is 5.32 Å². The molecule has 0 radical (unpaired) electrons. The molecule has 0 atom stereocenters. The predicted octanol–water partition coefficient (Wildman–Crippen LogP) is 1.35. The van der Waals surface area contributed by atoms with Gasteiger partial charge in [-0.05, 0) is 13.0 Å². The highest BCUT2D eigenvalue weighted by Gasteiger charge is 2.03. The Bertz CT molecular complexity index is 339. The second kappa shape index (κ2) is 6.85. The summed E-state index contributed by atoms with van der Waals surface area (Å²) in [5.74, 6) is 0.580. The molecule has 0 spiro atoms. The van der Waals surface area contributed by atoms with E-state index in [1.54, 1.807) is 0 Å². The lowest BCUT2D eigenvalue weighted by Gasteiger charge is -2.10. The minimum atomic E-state index is -0.270. The van der Waals surface area contributed by atoms with E-state index in [0.29, 0.717) is 13.2 Å². The SMILES string of the molecule is CCOc1ccccc1CNCC(=O)OC. The summed E-state index contributed by atoms with van der Waals surface area (Å²) < 4.78 is 10.00. The normalized spacial score (nSPS) is 9.88. The molecule has 0 saturated heterocycles. The van der Waals surface area contributed by atoms with Gasteiger partial charge in [-0.1, -0.05) is 18.2 Å². The molecule has 0 aliphatic carbocycles. The molecule has 1 aromatic carbocycles. The first kappa shape index (κ1) is 12.5. The number of hydrogen-bond donors (Lipinski definition) is 1. The smallest absolute Gasteiger partial charge is 0.319 e. The van der Waals surface area contributed by atoms with Crippen LogP contribution in [0.2, 0.25) is 0 Å². The standard InChI is InChI=1S/C12H17NO3/c1-3-16-11-7-5-4-6-10(11)8-13-9-12(14)15-2/h4-7,13H,3,8-9H2,1-2H3. The van der Waals surface area contributed by atoms with E-state index in [4.69, 9.17) is 4.74 Å². The summed E-state index contributed by atoms with van der Waals surface area (Å²) in [5, 5.41) is 3.00. The topological polar surface area (TPSA) is 47.6 Å². The van der Waals surface area contributed by atoms with Crippen LogP contribution in [0.5, 0.6) is 5.75 Å². The van der Waals surface area contributed by atoms with E-state index in [0.717, 1.165) is 11.3 Å². The zero-order chi connectivity index (χ0) is 11.8. The van der Waals surface area contributed by atoms with Crippen molar-refractivity contribution in [3.8, 4) is 5.75 Å². The molecule has 0 bridgehead atoms. The summed E-state index contributed by atoms with van der Waals surface area (Å²) in [5.41, 5.74) is 1.04. The molecule has 0 aliphatic heterocycles. The molecule has 1 aromatic rings. The lowest BCUT2D eigenvalue weighted by Crippen LogP contribution is -2.23. The van der Waals surface area contributed by atoms with Crippen molar-refractivity contribution in [2.75, 3.05) is 20.3 Å². The molecule has 1 rings (SSSR count). The molecule has 0 aliphatic rings. The summed E-state index contributed by atoms with van der Waals surface area (Å²) in [6, 6.07) is 7.75. The number of hydrogen-bond acceptors (Lipinski definition) is 4. The first-order valence-electron chi connectivity index (χ1n) is 5.26. The largest absolute Gasteiger partial charge is 0.494 e. The molecule has 0 unspecified atom stereocenters. The average Bonchev–Trinajstić information content (AvgIpc) is 2.31. The van der Waals surface area contributed by atoms with Crippen LogP contribution in [0.1, 0.15) is 12.5 Å². The van der Waals surface area contributed by atoms with Crippen molar-refractivity contribution in [2.45, 2.75) is 13.5 Å². The van der Waals surface area contributed by atoms with Crippen LogP contribution in [-0.2, 0) is 16.1 Å². The van der Waals surface area contributed by atoms with Crippen LogP contribution in [-0.4, -0.2) is 26.2 Å². The van der Waals surface area contributed by atoms with Gasteiger partial charge in [0.15, 0.2) is 0 Å². The highest BCUT2D eigenvalue weighted by atomic mass is 16.5. The lowest BCUT2D eigenvalue weighted by atomic mass is 10.2. The van der Waals surface area contributed by atoms with Crippen molar-refractivity contribution < 1.29 is 14.3 Å². The van der Waals surface area contributed by atoms with E-state index in [1.807, 2.05) is 31.2 Å². The third-order valence-corrected chi connectivity index (χ3v) is 2.08. The number of rotatable bonds is 6. The van der Waals surface area contributed by atoms with E-state index in [-0.39, 0.29) is 12.5 Å². The quantitative estimate of drug-likeness (QED) is 0.739. The Morgan fingerprint density at radius 1 is 1.38 bits per heavy atom. The van der Waals surface area contributed by atoms with Crippen molar-refractivity contribution >= 4 is 5.97 Å². The van der Waals surface area contributed by atoms with Gasteiger partial charge in [0.05, 0.1) is 20.3 Å². The fraction of sp³-hybridized carbons (Fsp3) is 0.417. The zero-order valence-electron chi connectivity index (χ0n) is 9.66. The molecule has 0 fully saturated rings. The van der Waals surface area contributed by atoms with Crippen molar-refractivity contribution in [3.63, 3.8) is 0 Å². The second-order valence-electron chi connectivity index (χ2n) is 3.22. The predicted molar refractivity (Wildman–Crippen MR) is 61.3 cm³/mol. The number of methoxy groups -OCH3 is 1. The van der Waals surface area contributed by atoms with Gasteiger partial charge >= 0.3 is 5.97 Å². The van der Waals surface area contributed by atoms with E-state index in [2.05, 4.69) is 10.1 Å².